The van der Waals surface area contributed by atoms with Gasteiger partial charge in [-0.1, -0.05) is 31.1 Å². The summed E-state index contributed by atoms with van der Waals surface area (Å²) < 4.78 is 18.3. The summed E-state index contributed by atoms with van der Waals surface area (Å²) in [6, 6.07) is 5.13. The Morgan fingerprint density at radius 2 is 2.03 bits per heavy atom. The van der Waals surface area contributed by atoms with Gasteiger partial charge < -0.3 is 24.1 Å². The molecule has 1 aromatic carbocycles. The monoisotopic (exact) mass is 619 g/mol. The van der Waals surface area contributed by atoms with E-state index in [0.29, 0.717) is 24.6 Å². The lowest BCUT2D eigenvalue weighted by molar-refractivity contribution is -0.151. The molecule has 4 heterocycles. The lowest BCUT2D eigenvalue weighted by Gasteiger charge is -2.29. The third-order valence-corrected chi connectivity index (χ3v) is 7.81. The second-order valence-electron chi connectivity index (χ2n) is 9.87. The highest BCUT2D eigenvalue weighted by Crippen LogP contribution is 2.32. The predicted octanol–water partition coefficient (Wildman–Crippen LogP) is 3.76. The second kappa shape index (κ2) is 10.8. The number of ether oxygens (including phenoxy) is 2. The van der Waals surface area contributed by atoms with E-state index in [2.05, 4.69) is 61.3 Å². The van der Waals surface area contributed by atoms with Gasteiger partial charge in [-0.25, -0.2) is 9.78 Å². The summed E-state index contributed by atoms with van der Waals surface area (Å²) in [6.45, 7) is 4.08. The Kier molecular flexibility index (Phi) is 7.50. The molecule has 196 valence electrons. The Labute approximate surface area is 228 Å². The number of nitrogens with zero attached hydrogens (tertiary/aromatic N) is 4. The minimum Gasteiger partial charge on any atom is -0.472 e. The minimum absolute atomic E-state index is 0.105. The highest BCUT2D eigenvalue weighted by Gasteiger charge is 2.44. The Morgan fingerprint density at radius 1 is 1.22 bits per heavy atom. The van der Waals surface area contributed by atoms with Gasteiger partial charge in [0.1, 0.15) is 18.2 Å². The maximum absolute atomic E-state index is 13.8. The number of nitrogens with one attached hydrogen (secondary N) is 1. The van der Waals surface area contributed by atoms with Crippen LogP contribution in [-0.2, 0) is 27.2 Å². The van der Waals surface area contributed by atoms with Crippen LogP contribution in [-0.4, -0.2) is 63.8 Å². The lowest BCUT2D eigenvalue weighted by atomic mass is 10.0. The molecule has 1 amide bonds. The molecule has 0 aliphatic carbocycles. The van der Waals surface area contributed by atoms with Crippen molar-refractivity contribution in [2.24, 2.45) is 5.92 Å². The fraction of sp³-hybridized carbons (Fsp3) is 0.500. The molecule has 2 aromatic heterocycles. The zero-order valence-corrected chi connectivity index (χ0v) is 23.2. The Bertz CT molecular complexity index is 1310. The molecule has 3 atom stereocenters. The van der Waals surface area contributed by atoms with Crippen LogP contribution in [0.2, 0.25) is 0 Å². The van der Waals surface area contributed by atoms with Crippen molar-refractivity contribution in [3.63, 3.8) is 0 Å². The number of methoxy groups -OCH3 is 1. The number of aromatic nitrogens is 3. The number of hydrogen-bond acceptors (Lipinski definition) is 9. The number of carbonyl (C=O) groups is 2. The van der Waals surface area contributed by atoms with Crippen molar-refractivity contribution in [2.75, 3.05) is 19.0 Å². The molecule has 6 bridgehead atoms. The molecule has 0 saturated carbocycles. The minimum atomic E-state index is -0.767. The number of hydrogen-bond donors (Lipinski definition) is 1. The SMILES string of the molecule is COC(=O)[C@@H]1C[C@@H]2CN1C(=O)[C@H](C(C)C)Nc1nnc(o1)CCCCc1ccc3c(I)cnc(c3c1)O2. The molecule has 11 heteroatoms. The maximum atomic E-state index is 13.8. The summed E-state index contributed by atoms with van der Waals surface area (Å²) in [5.74, 6) is 0.206. The first kappa shape index (κ1) is 25.7. The maximum Gasteiger partial charge on any atom is 0.328 e. The molecule has 0 spiro atoms. The van der Waals surface area contributed by atoms with E-state index in [0.717, 1.165) is 33.6 Å². The topological polar surface area (TPSA) is 120 Å². The Hall–Kier alpha value is -2.96. The van der Waals surface area contributed by atoms with Crippen molar-refractivity contribution < 1.29 is 23.5 Å². The third-order valence-electron chi connectivity index (χ3n) is 6.95. The number of amides is 1. The average molecular weight is 619 g/mol. The molecule has 5 rings (SSSR count). The van der Waals surface area contributed by atoms with Crippen LogP contribution in [0.3, 0.4) is 0 Å². The molecule has 1 N–H and O–H groups in total. The molecular formula is C26H30IN5O5. The van der Waals surface area contributed by atoms with Crippen LogP contribution in [0.15, 0.2) is 28.8 Å². The average Bonchev–Trinajstić information content (AvgIpc) is 3.52. The van der Waals surface area contributed by atoms with Gasteiger partial charge in [0.25, 0.3) is 0 Å². The van der Waals surface area contributed by atoms with E-state index in [-0.39, 0.29) is 24.4 Å². The van der Waals surface area contributed by atoms with Gasteiger partial charge in [-0.3, -0.25) is 4.79 Å². The fourth-order valence-corrected chi connectivity index (χ4v) is 5.58. The van der Waals surface area contributed by atoms with Gasteiger partial charge >= 0.3 is 12.0 Å². The Morgan fingerprint density at radius 3 is 2.81 bits per heavy atom. The van der Waals surface area contributed by atoms with Crippen LogP contribution in [0.4, 0.5) is 6.01 Å². The smallest absolute Gasteiger partial charge is 0.328 e. The summed E-state index contributed by atoms with van der Waals surface area (Å²) in [5, 5.41) is 13.3. The normalized spacial score (nSPS) is 22.5. The van der Waals surface area contributed by atoms with Gasteiger partial charge in [0, 0.05) is 33.4 Å². The molecule has 3 aromatic rings. The van der Waals surface area contributed by atoms with Gasteiger partial charge in [-0.05, 0) is 59.4 Å². The molecule has 0 radical (unpaired) electrons. The van der Waals surface area contributed by atoms with E-state index >= 15 is 0 Å². The quantitative estimate of drug-likeness (QED) is 0.338. The molecular weight excluding hydrogens is 589 g/mol. The number of aryl methyl sites for hydroxylation is 2. The summed E-state index contributed by atoms with van der Waals surface area (Å²) in [6.07, 6.45) is 5.06. The fourth-order valence-electron chi connectivity index (χ4n) is 4.97. The molecule has 2 aliphatic rings. The lowest BCUT2D eigenvalue weighted by Crippen LogP contribution is -2.50. The van der Waals surface area contributed by atoms with Crippen molar-refractivity contribution in [1.82, 2.24) is 20.1 Å². The molecule has 10 nitrogen and oxygen atoms in total. The van der Waals surface area contributed by atoms with Crippen LogP contribution < -0.4 is 10.1 Å². The predicted molar refractivity (Wildman–Crippen MR) is 144 cm³/mol. The highest BCUT2D eigenvalue weighted by molar-refractivity contribution is 14.1. The van der Waals surface area contributed by atoms with Crippen molar-refractivity contribution in [3.05, 3.63) is 39.4 Å². The number of fused-ring (bicyclic) bond motifs is 5. The number of carbonyl (C=O) groups excluding carboxylic acids is 2. The van der Waals surface area contributed by atoms with Crippen molar-refractivity contribution >= 4 is 51.3 Å². The van der Waals surface area contributed by atoms with Gasteiger partial charge in [0.2, 0.25) is 17.7 Å². The van der Waals surface area contributed by atoms with Crippen LogP contribution in [0.5, 0.6) is 5.88 Å². The summed E-state index contributed by atoms with van der Waals surface area (Å²) in [5.41, 5.74) is 1.19. The Balaban J connectivity index is 1.54. The van der Waals surface area contributed by atoms with E-state index in [9.17, 15) is 9.59 Å². The van der Waals surface area contributed by atoms with E-state index < -0.39 is 24.2 Å². The van der Waals surface area contributed by atoms with E-state index in [1.807, 2.05) is 13.8 Å². The summed E-state index contributed by atoms with van der Waals surface area (Å²) in [4.78, 5) is 32.6. The van der Waals surface area contributed by atoms with Crippen molar-refractivity contribution in [2.45, 2.75) is 64.1 Å². The largest absolute Gasteiger partial charge is 0.472 e. The first-order chi connectivity index (χ1) is 17.8. The first-order valence-corrected chi connectivity index (χ1v) is 13.6. The van der Waals surface area contributed by atoms with Crippen LogP contribution in [0, 0.1) is 9.49 Å². The van der Waals surface area contributed by atoms with Gasteiger partial charge in [0.15, 0.2) is 0 Å². The number of halogens is 1. The van der Waals surface area contributed by atoms with Crippen LogP contribution >= 0.6 is 22.6 Å². The van der Waals surface area contributed by atoms with Crippen LogP contribution in [0.1, 0.15) is 44.6 Å². The van der Waals surface area contributed by atoms with Crippen LogP contribution in [0.25, 0.3) is 10.8 Å². The van der Waals surface area contributed by atoms with Gasteiger partial charge in [-0.15, -0.1) is 5.10 Å². The number of anilines is 1. The third kappa shape index (κ3) is 5.36. The standard InChI is InChI=1S/C26H30IN5O5/c1-14(2)22-24(33)32-13-16(11-20(32)25(34)35-3)36-23-18-10-15(8-9-17(18)19(27)12-28-23)6-4-5-7-21-30-31-26(29-22)37-21/h8-10,12,14,16,20,22H,4-7,11,13H2,1-3H3,(H,29,31)/t16-,20+,22+/m1/s1. The number of rotatable bonds is 2. The van der Waals surface area contributed by atoms with Crippen molar-refractivity contribution in [1.29, 1.82) is 0 Å². The second-order valence-corrected chi connectivity index (χ2v) is 11.0. The summed E-state index contributed by atoms with van der Waals surface area (Å²) in [7, 11) is 1.33. The van der Waals surface area contributed by atoms with Gasteiger partial charge in [0.05, 0.1) is 13.7 Å². The number of esters is 1. The molecule has 1 saturated heterocycles. The van der Waals surface area contributed by atoms with E-state index in [1.165, 1.54) is 17.6 Å². The van der Waals surface area contributed by atoms with E-state index in [4.69, 9.17) is 13.9 Å². The zero-order valence-electron chi connectivity index (χ0n) is 21.1. The van der Waals surface area contributed by atoms with Gasteiger partial charge in [-0.2, -0.15) is 0 Å². The van der Waals surface area contributed by atoms with Crippen molar-refractivity contribution in [3.8, 4) is 5.88 Å². The first-order valence-electron chi connectivity index (χ1n) is 12.5. The number of pyridine rings is 1. The molecule has 2 aliphatic heterocycles. The summed E-state index contributed by atoms with van der Waals surface area (Å²) >= 11 is 2.28. The number of benzene rings is 1. The zero-order chi connectivity index (χ0) is 26.1. The molecule has 0 unspecified atom stereocenters. The molecule has 1 fully saturated rings. The van der Waals surface area contributed by atoms with E-state index in [1.54, 1.807) is 6.20 Å². The highest BCUT2D eigenvalue weighted by atomic mass is 127. The molecule has 37 heavy (non-hydrogen) atoms.